The van der Waals surface area contributed by atoms with E-state index < -0.39 is 18.0 Å². The zero-order valence-electron chi connectivity index (χ0n) is 36.3. The van der Waals surface area contributed by atoms with Crippen molar-refractivity contribution in [3.63, 3.8) is 0 Å². The van der Waals surface area contributed by atoms with Crippen LogP contribution in [0.2, 0.25) is 0 Å². The molecule has 0 N–H and O–H groups in total. The summed E-state index contributed by atoms with van der Waals surface area (Å²) >= 11 is 0. The van der Waals surface area contributed by atoms with Crippen LogP contribution in [0, 0.1) is 0 Å². The number of hydrogen-bond donors (Lipinski definition) is 0. The standard InChI is InChI=1S/C51H80O6/c1-4-7-10-13-16-19-22-24-25-27-29-32-35-38-41-44-50(53)56-47-48(46-55-49(52)43-40-37-34-31-28-21-18-15-12-9-6-3)57-51(54)45-42-39-36-33-30-26-23-20-17-14-11-8-5-2/h7-8,10-11,16-17,19-20,24-26,29-30,32,36,38-39,41,48H,4-6,9,12-15,18,21-23,27-28,31,33-35,37,40,42-47H2,1-3H3/b10-7-,11-8-,19-16-,20-17-,25-24-,30-26-,32-29-,39-36-,41-38-. The Morgan fingerprint density at radius 3 is 1.19 bits per heavy atom. The van der Waals surface area contributed by atoms with Crippen LogP contribution in [0.1, 0.15) is 175 Å². The van der Waals surface area contributed by atoms with Crippen molar-refractivity contribution < 1.29 is 28.6 Å². The van der Waals surface area contributed by atoms with Gasteiger partial charge in [0.25, 0.3) is 0 Å². The first kappa shape index (κ1) is 53.1. The Morgan fingerprint density at radius 2 is 0.754 bits per heavy atom. The van der Waals surface area contributed by atoms with Crippen LogP contribution in [0.5, 0.6) is 0 Å². The Morgan fingerprint density at radius 1 is 0.386 bits per heavy atom. The van der Waals surface area contributed by atoms with Gasteiger partial charge in [-0.05, 0) is 70.6 Å². The van der Waals surface area contributed by atoms with E-state index in [4.69, 9.17) is 14.2 Å². The number of unbranched alkanes of at least 4 members (excludes halogenated alkanes) is 10. The van der Waals surface area contributed by atoms with E-state index in [1.54, 1.807) is 6.08 Å². The molecule has 0 bridgehead atoms. The van der Waals surface area contributed by atoms with Crippen LogP contribution < -0.4 is 0 Å². The monoisotopic (exact) mass is 789 g/mol. The summed E-state index contributed by atoms with van der Waals surface area (Å²) in [6.45, 7) is 6.21. The van der Waals surface area contributed by atoms with Crippen LogP contribution >= 0.6 is 0 Å². The first-order chi connectivity index (χ1) is 28.0. The van der Waals surface area contributed by atoms with Gasteiger partial charge >= 0.3 is 17.9 Å². The molecule has 0 aliphatic carbocycles. The van der Waals surface area contributed by atoms with E-state index in [0.717, 1.165) is 77.0 Å². The van der Waals surface area contributed by atoms with Crippen molar-refractivity contribution in [3.8, 4) is 0 Å². The molecule has 0 spiro atoms. The van der Waals surface area contributed by atoms with E-state index in [2.05, 4.69) is 106 Å². The van der Waals surface area contributed by atoms with E-state index in [-0.39, 0.29) is 32.0 Å². The van der Waals surface area contributed by atoms with Crippen molar-refractivity contribution in [3.05, 3.63) is 109 Å². The molecule has 6 nitrogen and oxygen atoms in total. The second kappa shape index (κ2) is 44.8. The maximum absolute atomic E-state index is 12.7. The molecule has 0 aromatic rings. The molecule has 0 aromatic carbocycles. The third-order valence-corrected chi connectivity index (χ3v) is 8.82. The topological polar surface area (TPSA) is 78.9 Å². The van der Waals surface area contributed by atoms with Crippen LogP contribution in [-0.2, 0) is 28.6 Å². The Hall–Kier alpha value is -3.93. The van der Waals surface area contributed by atoms with E-state index in [1.165, 1.54) is 51.4 Å². The van der Waals surface area contributed by atoms with Gasteiger partial charge in [0.15, 0.2) is 6.10 Å². The molecule has 0 rings (SSSR count). The van der Waals surface area contributed by atoms with Crippen molar-refractivity contribution in [2.24, 2.45) is 0 Å². The summed E-state index contributed by atoms with van der Waals surface area (Å²) in [5.41, 5.74) is 0. The fraction of sp³-hybridized carbons (Fsp3) is 0.588. The number of ether oxygens (including phenoxy) is 3. The Labute approximate surface area is 349 Å². The third-order valence-electron chi connectivity index (χ3n) is 8.82. The number of carbonyl (C=O) groups excluding carboxylic acids is 3. The first-order valence-electron chi connectivity index (χ1n) is 22.4. The lowest BCUT2D eigenvalue weighted by molar-refractivity contribution is -0.166. The maximum atomic E-state index is 12.7. The fourth-order valence-electron chi connectivity index (χ4n) is 5.53. The molecule has 1 atom stereocenters. The minimum Gasteiger partial charge on any atom is -0.462 e. The molecule has 0 aromatic heterocycles. The third kappa shape index (κ3) is 43.0. The molecule has 0 radical (unpaired) electrons. The Kier molecular flexibility index (Phi) is 41.7. The molecule has 320 valence electrons. The Bertz CT molecular complexity index is 1230. The van der Waals surface area contributed by atoms with Crippen molar-refractivity contribution in [2.45, 2.75) is 181 Å². The summed E-state index contributed by atoms with van der Waals surface area (Å²) in [5, 5.41) is 0. The molecule has 6 heteroatoms. The average molecular weight is 789 g/mol. The zero-order chi connectivity index (χ0) is 41.5. The predicted molar refractivity (Wildman–Crippen MR) is 242 cm³/mol. The quantitative estimate of drug-likeness (QED) is 0.0268. The van der Waals surface area contributed by atoms with Crippen molar-refractivity contribution in [2.75, 3.05) is 13.2 Å². The number of esters is 3. The van der Waals surface area contributed by atoms with Crippen LogP contribution in [0.4, 0.5) is 0 Å². The summed E-state index contributed by atoms with van der Waals surface area (Å²) in [6.07, 6.45) is 59.7. The van der Waals surface area contributed by atoms with E-state index >= 15 is 0 Å². The lowest BCUT2D eigenvalue weighted by Crippen LogP contribution is -2.30. The molecule has 0 saturated carbocycles. The highest BCUT2D eigenvalue weighted by Crippen LogP contribution is 2.13. The molecule has 0 heterocycles. The first-order valence-corrected chi connectivity index (χ1v) is 22.4. The van der Waals surface area contributed by atoms with Gasteiger partial charge in [-0.25, -0.2) is 0 Å². The van der Waals surface area contributed by atoms with Crippen molar-refractivity contribution >= 4 is 17.9 Å². The molecule has 1 unspecified atom stereocenters. The summed E-state index contributed by atoms with van der Waals surface area (Å²) in [7, 11) is 0. The lowest BCUT2D eigenvalue weighted by atomic mass is 10.1. The summed E-state index contributed by atoms with van der Waals surface area (Å²) in [5.74, 6) is -1.17. The summed E-state index contributed by atoms with van der Waals surface area (Å²) < 4.78 is 16.5. The summed E-state index contributed by atoms with van der Waals surface area (Å²) in [6, 6.07) is 0. The Balaban J connectivity index is 4.63. The van der Waals surface area contributed by atoms with Gasteiger partial charge in [-0.3, -0.25) is 14.4 Å². The normalized spacial score (nSPS) is 13.1. The highest BCUT2D eigenvalue weighted by Gasteiger charge is 2.19. The second-order valence-electron chi connectivity index (χ2n) is 14.2. The van der Waals surface area contributed by atoms with Crippen LogP contribution in [-0.4, -0.2) is 37.2 Å². The van der Waals surface area contributed by atoms with E-state index in [0.29, 0.717) is 12.8 Å². The van der Waals surface area contributed by atoms with Crippen LogP contribution in [0.25, 0.3) is 0 Å². The van der Waals surface area contributed by atoms with Crippen LogP contribution in [0.15, 0.2) is 109 Å². The van der Waals surface area contributed by atoms with Gasteiger partial charge in [-0.15, -0.1) is 0 Å². The van der Waals surface area contributed by atoms with Gasteiger partial charge < -0.3 is 14.2 Å². The van der Waals surface area contributed by atoms with Gasteiger partial charge in [-0.2, -0.15) is 0 Å². The number of rotatable bonds is 38. The fourth-order valence-corrected chi connectivity index (χ4v) is 5.53. The van der Waals surface area contributed by atoms with E-state index in [1.807, 2.05) is 18.2 Å². The zero-order valence-corrected chi connectivity index (χ0v) is 36.3. The molecular weight excluding hydrogens is 709 g/mol. The molecule has 0 aliphatic rings. The average Bonchev–Trinajstić information content (AvgIpc) is 3.21. The van der Waals surface area contributed by atoms with E-state index in [9.17, 15) is 14.4 Å². The molecule has 57 heavy (non-hydrogen) atoms. The molecule has 0 fully saturated rings. The summed E-state index contributed by atoms with van der Waals surface area (Å²) in [4.78, 5) is 37.6. The largest absolute Gasteiger partial charge is 0.462 e. The molecule has 0 amide bonds. The highest BCUT2D eigenvalue weighted by atomic mass is 16.6. The van der Waals surface area contributed by atoms with Crippen molar-refractivity contribution in [1.82, 2.24) is 0 Å². The van der Waals surface area contributed by atoms with Crippen molar-refractivity contribution in [1.29, 1.82) is 0 Å². The molecule has 0 aliphatic heterocycles. The number of allylic oxidation sites excluding steroid dienone is 17. The second-order valence-corrected chi connectivity index (χ2v) is 14.2. The predicted octanol–water partition coefficient (Wildman–Crippen LogP) is 14.4. The van der Waals surface area contributed by atoms with Gasteiger partial charge in [-0.1, -0.05) is 194 Å². The minimum absolute atomic E-state index is 0.110. The van der Waals surface area contributed by atoms with Gasteiger partial charge in [0.1, 0.15) is 13.2 Å². The lowest BCUT2D eigenvalue weighted by Gasteiger charge is -2.18. The molecular formula is C51H80O6. The molecule has 0 saturated heterocycles. The maximum Gasteiger partial charge on any atom is 0.309 e. The minimum atomic E-state index is -0.853. The number of carbonyl (C=O) groups is 3. The van der Waals surface area contributed by atoms with Crippen LogP contribution in [0.3, 0.4) is 0 Å². The van der Waals surface area contributed by atoms with Gasteiger partial charge in [0.2, 0.25) is 0 Å². The smallest absolute Gasteiger partial charge is 0.309 e. The SMILES string of the molecule is CC/C=C\C/C=C\C/C=C\C/C=C\C/C=C\CC(=O)OCC(COC(=O)CCCCCCCCCCCCC)OC(=O)CC/C=C\C/C=C\C/C=C\C/C=C\CC. The number of hydrogen-bond acceptors (Lipinski definition) is 6. The van der Waals surface area contributed by atoms with Gasteiger partial charge in [0.05, 0.1) is 6.42 Å². The van der Waals surface area contributed by atoms with Gasteiger partial charge in [0, 0.05) is 12.8 Å². The highest BCUT2D eigenvalue weighted by molar-refractivity contribution is 5.72.